The molecule has 0 saturated heterocycles. The monoisotopic (exact) mass is 365 g/mol. The summed E-state index contributed by atoms with van der Waals surface area (Å²) in [5.41, 5.74) is -0.509. The van der Waals surface area contributed by atoms with E-state index < -0.39 is 11.5 Å². The number of aromatic nitrogens is 2. The maximum absolute atomic E-state index is 12.9. The molecule has 0 aromatic carbocycles. The molecule has 136 valence electrons. The third-order valence-electron chi connectivity index (χ3n) is 4.04. The van der Waals surface area contributed by atoms with Crippen LogP contribution >= 0.6 is 11.3 Å². The number of aryl methyl sites for hydroxylation is 1. The fraction of sp³-hybridized carbons (Fsp3) is 0.529. The van der Waals surface area contributed by atoms with E-state index in [0.29, 0.717) is 23.6 Å². The minimum Gasteiger partial charge on any atom is -0.478 e. The molecule has 0 unspecified atom stereocenters. The largest absolute Gasteiger partial charge is 0.478 e. The first-order chi connectivity index (χ1) is 11.9. The number of carbonyl (C=O) groups excluding carboxylic acids is 1. The van der Waals surface area contributed by atoms with Gasteiger partial charge in [0.1, 0.15) is 17.2 Å². The van der Waals surface area contributed by atoms with Crippen LogP contribution in [0.25, 0.3) is 10.2 Å². The highest BCUT2D eigenvalue weighted by Crippen LogP contribution is 2.22. The van der Waals surface area contributed by atoms with Gasteiger partial charge in [-0.3, -0.25) is 14.2 Å². The molecule has 0 spiro atoms. The van der Waals surface area contributed by atoms with Crippen molar-refractivity contribution in [2.24, 2.45) is 0 Å². The van der Waals surface area contributed by atoms with Crippen LogP contribution < -0.4 is 5.56 Å². The number of carboxylic acid groups (broad SMARTS) is 1. The summed E-state index contributed by atoms with van der Waals surface area (Å²) in [6.07, 6.45) is 3.19. The SMILES string of the molecule is CCCCN(C)C(=O)Cn1c(CCC)nc2scc(C(=O)O)c2c1=O. The summed E-state index contributed by atoms with van der Waals surface area (Å²) in [5.74, 6) is -0.816. The average Bonchev–Trinajstić information content (AvgIpc) is 3.00. The molecule has 0 aliphatic heterocycles. The van der Waals surface area contributed by atoms with Crippen LogP contribution in [0.2, 0.25) is 0 Å². The number of hydrogen-bond donors (Lipinski definition) is 1. The molecule has 1 amide bonds. The standard InChI is InChI=1S/C17H23N3O4S/c1-4-6-8-19(3)13(21)9-20-12(7-5-2)18-15-14(16(20)22)11(10-25-15)17(23)24/h10H,4-9H2,1-3H3,(H,23,24). The van der Waals surface area contributed by atoms with Gasteiger partial charge in [0.05, 0.1) is 10.9 Å². The van der Waals surface area contributed by atoms with Gasteiger partial charge in [-0.2, -0.15) is 0 Å². The van der Waals surface area contributed by atoms with Crippen LogP contribution in [0.15, 0.2) is 10.2 Å². The van der Waals surface area contributed by atoms with Gasteiger partial charge in [-0.25, -0.2) is 9.78 Å². The molecule has 25 heavy (non-hydrogen) atoms. The molecule has 0 aliphatic carbocycles. The second-order valence-electron chi connectivity index (χ2n) is 5.97. The van der Waals surface area contributed by atoms with Gasteiger partial charge in [0, 0.05) is 25.4 Å². The number of unbranched alkanes of at least 4 members (excludes halogenated alkanes) is 1. The minimum atomic E-state index is -1.16. The fourth-order valence-corrected chi connectivity index (χ4v) is 3.50. The summed E-state index contributed by atoms with van der Waals surface area (Å²) in [7, 11) is 1.71. The van der Waals surface area contributed by atoms with Gasteiger partial charge in [-0.05, 0) is 12.8 Å². The Hall–Kier alpha value is -2.22. The Bertz CT molecular complexity index is 840. The first-order valence-electron chi connectivity index (χ1n) is 8.38. The number of amides is 1. The topological polar surface area (TPSA) is 92.5 Å². The normalized spacial score (nSPS) is 11.0. The predicted octanol–water partition coefficient (Wildman–Crippen LogP) is 2.37. The average molecular weight is 365 g/mol. The van der Waals surface area contributed by atoms with Crippen molar-refractivity contribution in [3.63, 3.8) is 0 Å². The quantitative estimate of drug-likeness (QED) is 0.775. The van der Waals surface area contributed by atoms with E-state index in [0.717, 1.165) is 30.6 Å². The molecule has 7 nitrogen and oxygen atoms in total. The van der Waals surface area contributed by atoms with E-state index in [1.807, 2.05) is 13.8 Å². The Morgan fingerprint density at radius 1 is 1.32 bits per heavy atom. The van der Waals surface area contributed by atoms with Gasteiger partial charge < -0.3 is 10.0 Å². The molecule has 1 N–H and O–H groups in total. The molecule has 0 radical (unpaired) electrons. The lowest BCUT2D eigenvalue weighted by Crippen LogP contribution is -2.36. The molecule has 2 heterocycles. The zero-order valence-corrected chi connectivity index (χ0v) is 15.6. The maximum Gasteiger partial charge on any atom is 0.337 e. The third kappa shape index (κ3) is 4.07. The van der Waals surface area contributed by atoms with Gasteiger partial charge in [0.15, 0.2) is 0 Å². The third-order valence-corrected chi connectivity index (χ3v) is 4.92. The van der Waals surface area contributed by atoms with Crippen molar-refractivity contribution in [2.75, 3.05) is 13.6 Å². The second-order valence-corrected chi connectivity index (χ2v) is 6.83. The Labute approximate surface area is 149 Å². The number of nitrogens with zero attached hydrogens (tertiary/aromatic N) is 3. The lowest BCUT2D eigenvalue weighted by molar-refractivity contribution is -0.130. The number of likely N-dealkylation sites (N-methyl/N-ethyl adjacent to an activating group) is 1. The van der Waals surface area contributed by atoms with E-state index in [1.54, 1.807) is 11.9 Å². The minimum absolute atomic E-state index is 0.0546. The lowest BCUT2D eigenvalue weighted by atomic mass is 10.2. The Balaban J connectivity index is 2.48. The Kier molecular flexibility index (Phi) is 6.30. The maximum atomic E-state index is 12.9. The molecular weight excluding hydrogens is 342 g/mol. The van der Waals surface area contributed by atoms with Crippen LogP contribution in [0.5, 0.6) is 0 Å². The number of carboxylic acids is 1. The van der Waals surface area contributed by atoms with Gasteiger partial charge in [-0.15, -0.1) is 11.3 Å². The zero-order valence-electron chi connectivity index (χ0n) is 14.7. The Morgan fingerprint density at radius 2 is 2.04 bits per heavy atom. The number of aromatic carboxylic acids is 1. The fourth-order valence-electron chi connectivity index (χ4n) is 2.58. The summed E-state index contributed by atoms with van der Waals surface area (Å²) in [4.78, 5) is 43.1. The van der Waals surface area contributed by atoms with Crippen molar-refractivity contribution in [1.82, 2.24) is 14.5 Å². The van der Waals surface area contributed by atoms with Crippen molar-refractivity contribution in [3.8, 4) is 0 Å². The van der Waals surface area contributed by atoms with Gasteiger partial charge in [0.25, 0.3) is 5.56 Å². The molecule has 0 aliphatic rings. The summed E-state index contributed by atoms with van der Waals surface area (Å²) >= 11 is 1.14. The van der Waals surface area contributed by atoms with Crippen LogP contribution in [0.1, 0.15) is 49.3 Å². The van der Waals surface area contributed by atoms with Crippen molar-refractivity contribution in [3.05, 3.63) is 27.1 Å². The highest BCUT2D eigenvalue weighted by Gasteiger charge is 2.21. The molecule has 0 fully saturated rings. The summed E-state index contributed by atoms with van der Waals surface area (Å²) in [6, 6.07) is 0. The van der Waals surface area contributed by atoms with E-state index in [9.17, 15) is 19.5 Å². The molecule has 0 saturated carbocycles. The molecule has 0 bridgehead atoms. The predicted molar refractivity (Wildman–Crippen MR) is 97.4 cm³/mol. The van der Waals surface area contributed by atoms with Gasteiger partial charge >= 0.3 is 5.97 Å². The highest BCUT2D eigenvalue weighted by molar-refractivity contribution is 7.17. The Morgan fingerprint density at radius 3 is 2.64 bits per heavy atom. The van der Waals surface area contributed by atoms with Crippen molar-refractivity contribution >= 4 is 33.4 Å². The number of thiophene rings is 1. The first kappa shape index (κ1) is 19.1. The lowest BCUT2D eigenvalue weighted by Gasteiger charge is -2.19. The second kappa shape index (κ2) is 8.24. The van der Waals surface area contributed by atoms with Gasteiger partial charge in [0.2, 0.25) is 5.91 Å². The summed E-state index contributed by atoms with van der Waals surface area (Å²) < 4.78 is 1.33. The van der Waals surface area contributed by atoms with Crippen molar-refractivity contribution in [2.45, 2.75) is 46.1 Å². The summed E-state index contributed by atoms with van der Waals surface area (Å²) in [5, 5.41) is 10.8. The van der Waals surface area contributed by atoms with Crippen molar-refractivity contribution in [1.29, 1.82) is 0 Å². The number of carbonyl (C=O) groups is 2. The molecule has 2 aromatic heterocycles. The van der Waals surface area contributed by atoms with Crippen LogP contribution in [0.4, 0.5) is 0 Å². The molecule has 0 atom stereocenters. The van der Waals surface area contributed by atoms with Gasteiger partial charge in [-0.1, -0.05) is 20.3 Å². The van der Waals surface area contributed by atoms with Crippen LogP contribution in [0.3, 0.4) is 0 Å². The van der Waals surface area contributed by atoms with E-state index in [4.69, 9.17) is 0 Å². The number of fused-ring (bicyclic) bond motifs is 1. The van der Waals surface area contributed by atoms with Crippen LogP contribution in [-0.4, -0.2) is 45.0 Å². The molecular formula is C17H23N3O4S. The van der Waals surface area contributed by atoms with E-state index in [-0.39, 0.29) is 23.4 Å². The van der Waals surface area contributed by atoms with E-state index in [2.05, 4.69) is 4.98 Å². The smallest absolute Gasteiger partial charge is 0.337 e. The summed E-state index contributed by atoms with van der Waals surface area (Å²) in [6.45, 7) is 4.52. The molecule has 2 aromatic rings. The van der Waals surface area contributed by atoms with E-state index >= 15 is 0 Å². The van der Waals surface area contributed by atoms with Crippen LogP contribution in [0, 0.1) is 0 Å². The zero-order chi connectivity index (χ0) is 18.6. The first-order valence-corrected chi connectivity index (χ1v) is 9.26. The number of hydrogen-bond acceptors (Lipinski definition) is 5. The van der Waals surface area contributed by atoms with Crippen LogP contribution in [-0.2, 0) is 17.8 Å². The van der Waals surface area contributed by atoms with Crippen molar-refractivity contribution < 1.29 is 14.7 Å². The molecule has 2 rings (SSSR count). The van der Waals surface area contributed by atoms with E-state index in [1.165, 1.54) is 9.95 Å². The number of rotatable bonds is 8. The molecule has 8 heteroatoms. The highest BCUT2D eigenvalue weighted by atomic mass is 32.1.